The Balaban J connectivity index is 0.00000121. The lowest BCUT2D eigenvalue weighted by Gasteiger charge is -2.18. The molecule has 70 valence electrons. The maximum absolute atomic E-state index is 10.1. The van der Waals surface area contributed by atoms with E-state index in [2.05, 4.69) is 5.32 Å². The zero-order chi connectivity index (χ0) is 8.10. The smallest absolute Gasteiger partial charge is 0.327 e. The largest absolute Gasteiger partial charge is 0.478 e. The molecule has 0 bridgehead atoms. The third-order valence-corrected chi connectivity index (χ3v) is 1.85. The summed E-state index contributed by atoms with van der Waals surface area (Å²) in [6.45, 7) is 1.99. The summed E-state index contributed by atoms with van der Waals surface area (Å²) in [5.74, 6) is -0.435. The highest BCUT2D eigenvalue weighted by molar-refractivity contribution is 5.85. The number of rotatable bonds is 2. The second-order valence-corrected chi connectivity index (χ2v) is 2.80. The number of piperidine rings is 1. The van der Waals surface area contributed by atoms with Gasteiger partial charge in [0.05, 0.1) is 0 Å². The van der Waals surface area contributed by atoms with Crippen LogP contribution in [0.5, 0.6) is 0 Å². The molecule has 0 aromatic rings. The fourth-order valence-electron chi connectivity index (χ4n) is 1.26. The summed E-state index contributed by atoms with van der Waals surface area (Å²) < 4.78 is 0. The second-order valence-electron chi connectivity index (χ2n) is 2.80. The highest BCUT2D eigenvalue weighted by Gasteiger charge is 2.08. The SMILES string of the molecule is Cl.O=C(O)/C=C/[C@@H]1CCCNC1. The fourth-order valence-corrected chi connectivity index (χ4v) is 1.26. The predicted octanol–water partition coefficient (Wildman–Crippen LogP) is 1.05. The van der Waals surface area contributed by atoms with Crippen LogP contribution in [0.15, 0.2) is 12.2 Å². The Morgan fingerprint density at radius 1 is 1.58 bits per heavy atom. The van der Waals surface area contributed by atoms with Crippen LogP contribution in [0.3, 0.4) is 0 Å². The molecule has 1 heterocycles. The van der Waals surface area contributed by atoms with Crippen LogP contribution in [0.1, 0.15) is 12.8 Å². The first-order chi connectivity index (χ1) is 5.29. The molecule has 1 fully saturated rings. The van der Waals surface area contributed by atoms with Crippen LogP contribution in [0.2, 0.25) is 0 Å². The van der Waals surface area contributed by atoms with Crippen LogP contribution in [0.4, 0.5) is 0 Å². The van der Waals surface area contributed by atoms with Crippen LogP contribution >= 0.6 is 12.4 Å². The van der Waals surface area contributed by atoms with Gasteiger partial charge < -0.3 is 10.4 Å². The van der Waals surface area contributed by atoms with Gasteiger partial charge in [-0.1, -0.05) is 6.08 Å². The lowest BCUT2D eigenvalue weighted by atomic mass is 9.99. The summed E-state index contributed by atoms with van der Waals surface area (Å²) in [5.41, 5.74) is 0. The van der Waals surface area contributed by atoms with E-state index < -0.39 is 5.97 Å². The van der Waals surface area contributed by atoms with E-state index in [1.165, 1.54) is 6.08 Å². The Kier molecular flexibility index (Phi) is 5.76. The third-order valence-electron chi connectivity index (χ3n) is 1.85. The summed E-state index contributed by atoms with van der Waals surface area (Å²) >= 11 is 0. The van der Waals surface area contributed by atoms with Gasteiger partial charge in [0, 0.05) is 12.6 Å². The molecular weight excluding hydrogens is 178 g/mol. The minimum atomic E-state index is -0.851. The van der Waals surface area contributed by atoms with Gasteiger partial charge >= 0.3 is 5.97 Å². The van der Waals surface area contributed by atoms with Crippen molar-refractivity contribution >= 4 is 18.4 Å². The van der Waals surface area contributed by atoms with E-state index in [4.69, 9.17) is 5.11 Å². The maximum atomic E-state index is 10.1. The Labute approximate surface area is 78.3 Å². The second kappa shape index (κ2) is 6.03. The molecule has 4 heteroatoms. The highest BCUT2D eigenvalue weighted by atomic mass is 35.5. The van der Waals surface area contributed by atoms with Crippen LogP contribution in [0, 0.1) is 5.92 Å². The van der Waals surface area contributed by atoms with E-state index in [-0.39, 0.29) is 12.4 Å². The topological polar surface area (TPSA) is 49.3 Å². The lowest BCUT2D eigenvalue weighted by molar-refractivity contribution is -0.131. The molecule has 0 radical (unpaired) electrons. The van der Waals surface area contributed by atoms with Crippen molar-refractivity contribution in [2.75, 3.05) is 13.1 Å². The van der Waals surface area contributed by atoms with Crippen molar-refractivity contribution in [3.8, 4) is 0 Å². The first-order valence-corrected chi connectivity index (χ1v) is 3.91. The highest BCUT2D eigenvalue weighted by Crippen LogP contribution is 2.10. The molecule has 1 saturated heterocycles. The van der Waals surface area contributed by atoms with Gasteiger partial charge in [0.25, 0.3) is 0 Å². The zero-order valence-electron chi connectivity index (χ0n) is 6.82. The Morgan fingerprint density at radius 2 is 2.33 bits per heavy atom. The number of nitrogens with one attached hydrogen (secondary N) is 1. The lowest BCUT2D eigenvalue weighted by Crippen LogP contribution is -2.28. The average molecular weight is 192 g/mol. The van der Waals surface area contributed by atoms with Crippen molar-refractivity contribution in [2.24, 2.45) is 5.92 Å². The molecule has 0 aromatic heterocycles. The predicted molar refractivity (Wildman–Crippen MR) is 49.6 cm³/mol. The third kappa shape index (κ3) is 4.36. The van der Waals surface area contributed by atoms with Gasteiger partial charge in [0.15, 0.2) is 0 Å². The summed E-state index contributed by atoms with van der Waals surface area (Å²) in [6, 6.07) is 0. The average Bonchev–Trinajstić information content (AvgIpc) is 2.03. The van der Waals surface area contributed by atoms with Gasteiger partial charge in [0.2, 0.25) is 0 Å². The molecule has 1 aliphatic heterocycles. The number of hydrogen-bond acceptors (Lipinski definition) is 2. The van der Waals surface area contributed by atoms with Crippen LogP contribution in [0.25, 0.3) is 0 Å². The minimum Gasteiger partial charge on any atom is -0.478 e. The van der Waals surface area contributed by atoms with Crippen molar-refractivity contribution in [1.29, 1.82) is 0 Å². The van der Waals surface area contributed by atoms with E-state index in [1.54, 1.807) is 6.08 Å². The molecular formula is C8H14ClNO2. The van der Waals surface area contributed by atoms with Crippen molar-refractivity contribution in [1.82, 2.24) is 5.32 Å². The van der Waals surface area contributed by atoms with Crippen LogP contribution in [-0.4, -0.2) is 24.2 Å². The molecule has 0 amide bonds. The molecule has 2 N–H and O–H groups in total. The molecule has 0 aliphatic carbocycles. The normalized spacial score (nSPS) is 23.5. The van der Waals surface area contributed by atoms with Gasteiger partial charge in [-0.05, 0) is 25.3 Å². The standard InChI is InChI=1S/C8H13NO2.ClH/c10-8(11)4-3-7-2-1-5-9-6-7;/h3-4,7,9H,1-2,5-6H2,(H,10,11);1H/b4-3+;/t7-;/m0./s1. The first kappa shape index (κ1) is 11.5. The molecule has 1 aliphatic rings. The molecule has 12 heavy (non-hydrogen) atoms. The zero-order valence-corrected chi connectivity index (χ0v) is 7.64. The van der Waals surface area contributed by atoms with Gasteiger partial charge in [-0.15, -0.1) is 12.4 Å². The van der Waals surface area contributed by atoms with E-state index in [9.17, 15) is 4.79 Å². The molecule has 0 spiro atoms. The fraction of sp³-hybridized carbons (Fsp3) is 0.625. The molecule has 1 rings (SSSR count). The van der Waals surface area contributed by atoms with Crippen molar-refractivity contribution in [3.63, 3.8) is 0 Å². The maximum Gasteiger partial charge on any atom is 0.327 e. The number of aliphatic carboxylic acids is 1. The monoisotopic (exact) mass is 191 g/mol. The number of hydrogen-bond donors (Lipinski definition) is 2. The number of halogens is 1. The van der Waals surface area contributed by atoms with Crippen molar-refractivity contribution < 1.29 is 9.90 Å². The number of carboxylic acid groups (broad SMARTS) is 1. The van der Waals surface area contributed by atoms with Crippen LogP contribution < -0.4 is 5.32 Å². The van der Waals surface area contributed by atoms with Crippen molar-refractivity contribution in [2.45, 2.75) is 12.8 Å². The van der Waals surface area contributed by atoms with E-state index >= 15 is 0 Å². The Bertz CT molecular complexity index is 164. The molecule has 0 aromatic carbocycles. The van der Waals surface area contributed by atoms with Crippen molar-refractivity contribution in [3.05, 3.63) is 12.2 Å². The van der Waals surface area contributed by atoms with Gasteiger partial charge in [0.1, 0.15) is 0 Å². The Hall–Kier alpha value is -0.540. The summed E-state index contributed by atoms with van der Waals surface area (Å²) in [4.78, 5) is 10.1. The van der Waals surface area contributed by atoms with Gasteiger partial charge in [-0.25, -0.2) is 4.79 Å². The quantitative estimate of drug-likeness (QED) is 0.642. The molecule has 1 atom stereocenters. The summed E-state index contributed by atoms with van der Waals surface area (Å²) in [7, 11) is 0. The summed E-state index contributed by atoms with van der Waals surface area (Å²) in [6.07, 6.45) is 5.26. The molecule has 0 saturated carbocycles. The number of carbonyl (C=O) groups is 1. The molecule has 3 nitrogen and oxygen atoms in total. The number of carboxylic acids is 1. The van der Waals surface area contributed by atoms with Crippen LogP contribution in [-0.2, 0) is 4.79 Å². The Morgan fingerprint density at radius 3 is 2.83 bits per heavy atom. The van der Waals surface area contributed by atoms with E-state index in [1.807, 2.05) is 0 Å². The summed E-state index contributed by atoms with van der Waals surface area (Å²) in [5, 5.41) is 11.6. The van der Waals surface area contributed by atoms with Gasteiger partial charge in [-0.2, -0.15) is 0 Å². The van der Waals surface area contributed by atoms with Gasteiger partial charge in [-0.3, -0.25) is 0 Å². The first-order valence-electron chi connectivity index (χ1n) is 3.91. The minimum absolute atomic E-state index is 0. The van der Waals surface area contributed by atoms with E-state index in [0.717, 1.165) is 25.9 Å². The molecule has 0 unspecified atom stereocenters. The van der Waals surface area contributed by atoms with E-state index in [0.29, 0.717) is 5.92 Å².